The summed E-state index contributed by atoms with van der Waals surface area (Å²) in [5.41, 5.74) is 0.404. The number of rotatable bonds is 7. The zero-order valence-corrected chi connectivity index (χ0v) is 20.4. The van der Waals surface area contributed by atoms with E-state index in [1.807, 2.05) is 6.92 Å². The molecular formula is C24H29N3O6S. The molecule has 0 saturated carbocycles. The Bertz CT molecular complexity index is 1040. The van der Waals surface area contributed by atoms with E-state index in [-0.39, 0.29) is 40.8 Å². The molecule has 3 aliphatic heterocycles. The number of carbonyl (C=O) groups is 4. The van der Waals surface area contributed by atoms with Gasteiger partial charge in [-0.15, -0.1) is 11.8 Å². The summed E-state index contributed by atoms with van der Waals surface area (Å²) in [6.07, 6.45) is -0.115. The van der Waals surface area contributed by atoms with Crippen molar-refractivity contribution in [1.82, 2.24) is 15.1 Å². The van der Waals surface area contributed by atoms with Gasteiger partial charge in [0.1, 0.15) is 11.8 Å². The average Bonchev–Trinajstić information content (AvgIpc) is 3.35. The summed E-state index contributed by atoms with van der Waals surface area (Å²) in [5.74, 6) is -2.85. The Morgan fingerprint density at radius 3 is 2.53 bits per heavy atom. The van der Waals surface area contributed by atoms with Crippen molar-refractivity contribution in [2.75, 3.05) is 20.6 Å². The van der Waals surface area contributed by atoms with Crippen molar-refractivity contribution in [3.63, 3.8) is 0 Å². The minimum absolute atomic E-state index is 0.00715. The van der Waals surface area contributed by atoms with Crippen LogP contribution in [0.15, 0.2) is 40.9 Å². The summed E-state index contributed by atoms with van der Waals surface area (Å²) in [7, 11) is 3.41. The second-order valence-electron chi connectivity index (χ2n) is 9.18. The van der Waals surface area contributed by atoms with Crippen LogP contribution in [-0.2, 0) is 19.1 Å². The lowest BCUT2D eigenvalue weighted by Crippen LogP contribution is -2.64. The average molecular weight is 488 g/mol. The Morgan fingerprint density at radius 1 is 1.24 bits per heavy atom. The molecule has 0 bridgehead atoms. The van der Waals surface area contributed by atoms with E-state index in [4.69, 9.17) is 4.74 Å². The number of β-lactam (4-membered cyclic amide) rings is 1. The molecule has 182 valence electrons. The lowest BCUT2D eigenvalue weighted by molar-refractivity contribution is -0.163. The topological polar surface area (TPSA) is 116 Å². The van der Waals surface area contributed by atoms with Gasteiger partial charge >= 0.3 is 11.9 Å². The van der Waals surface area contributed by atoms with Gasteiger partial charge in [0.05, 0.1) is 23.6 Å². The van der Waals surface area contributed by atoms with E-state index in [9.17, 15) is 24.3 Å². The van der Waals surface area contributed by atoms with Crippen LogP contribution in [0.2, 0.25) is 0 Å². The van der Waals surface area contributed by atoms with Gasteiger partial charge in [-0.3, -0.25) is 9.59 Å². The normalized spacial score (nSPS) is 28.9. The highest BCUT2D eigenvalue weighted by molar-refractivity contribution is 8.03. The first-order valence-electron chi connectivity index (χ1n) is 11.3. The molecule has 34 heavy (non-hydrogen) atoms. The summed E-state index contributed by atoms with van der Waals surface area (Å²) < 4.78 is 5.58. The molecule has 6 atom stereocenters. The quantitative estimate of drug-likeness (QED) is 0.440. The first-order valence-corrected chi connectivity index (χ1v) is 12.2. The van der Waals surface area contributed by atoms with Gasteiger partial charge in [0.2, 0.25) is 11.8 Å². The van der Waals surface area contributed by atoms with E-state index >= 15 is 0 Å². The zero-order chi connectivity index (χ0) is 24.7. The molecule has 10 heteroatoms. The molecule has 3 heterocycles. The number of hydrogen-bond acceptors (Lipinski definition) is 7. The van der Waals surface area contributed by atoms with E-state index in [2.05, 4.69) is 5.32 Å². The van der Waals surface area contributed by atoms with Gasteiger partial charge < -0.3 is 25.0 Å². The molecule has 0 aliphatic carbocycles. The molecule has 2 saturated heterocycles. The Hall–Kier alpha value is -2.85. The van der Waals surface area contributed by atoms with Crippen LogP contribution in [0.25, 0.3) is 0 Å². The minimum atomic E-state index is -1.15. The summed E-state index contributed by atoms with van der Waals surface area (Å²) in [6, 6.07) is 7.87. The lowest BCUT2D eigenvalue weighted by atomic mass is 9.79. The number of carbonyl (C=O) groups excluding carboxylic acids is 3. The number of likely N-dealkylation sites (N-methyl/N-ethyl adjacent to an activating group) is 1. The zero-order valence-electron chi connectivity index (χ0n) is 19.6. The van der Waals surface area contributed by atoms with E-state index in [1.165, 1.54) is 21.6 Å². The summed E-state index contributed by atoms with van der Waals surface area (Å²) >= 11 is 1.43. The van der Waals surface area contributed by atoms with Crippen molar-refractivity contribution in [1.29, 1.82) is 0 Å². The third kappa shape index (κ3) is 4.20. The molecule has 4 rings (SSSR count). The number of benzene rings is 1. The lowest BCUT2D eigenvalue weighted by Gasteiger charge is -2.47. The van der Waals surface area contributed by atoms with Crippen molar-refractivity contribution >= 4 is 35.5 Å². The van der Waals surface area contributed by atoms with Gasteiger partial charge in [0, 0.05) is 36.7 Å². The highest BCUT2D eigenvalue weighted by Crippen LogP contribution is 2.52. The van der Waals surface area contributed by atoms with Crippen molar-refractivity contribution in [2.24, 2.45) is 11.8 Å². The summed E-state index contributed by atoms with van der Waals surface area (Å²) in [4.78, 5) is 53.5. The second kappa shape index (κ2) is 9.42. The summed E-state index contributed by atoms with van der Waals surface area (Å²) in [6.45, 7) is 4.16. The number of fused-ring (bicyclic) bond motifs is 1. The second-order valence-corrected chi connectivity index (χ2v) is 10.5. The molecule has 1 aromatic carbocycles. The van der Waals surface area contributed by atoms with Crippen molar-refractivity contribution in [2.45, 2.75) is 43.7 Å². The van der Waals surface area contributed by atoms with Gasteiger partial charge in [-0.25, -0.2) is 9.59 Å². The van der Waals surface area contributed by atoms with Crippen molar-refractivity contribution in [3.05, 3.63) is 46.5 Å². The highest BCUT2D eigenvalue weighted by atomic mass is 32.2. The SMILES string of the molecule is C[C@@H](OC(=O)c1ccccc1)[C@H]1C(=O)N2C(C(=O)O)=C(S[C@@H]3CN[C@H](C(=O)N(C)C)C3)[C@H](C)[C@H]12. The van der Waals surface area contributed by atoms with Gasteiger partial charge in [-0.2, -0.15) is 0 Å². The van der Waals surface area contributed by atoms with Crippen LogP contribution in [-0.4, -0.2) is 82.7 Å². The van der Waals surface area contributed by atoms with Crippen LogP contribution in [0.5, 0.6) is 0 Å². The fraction of sp³-hybridized carbons (Fsp3) is 0.500. The molecular weight excluding hydrogens is 458 g/mol. The fourth-order valence-electron chi connectivity index (χ4n) is 5.02. The Morgan fingerprint density at radius 2 is 1.91 bits per heavy atom. The molecule has 0 aromatic heterocycles. The third-order valence-electron chi connectivity index (χ3n) is 6.72. The molecule has 0 radical (unpaired) electrons. The Balaban J connectivity index is 1.47. The number of ether oxygens (including phenoxy) is 1. The number of amides is 2. The van der Waals surface area contributed by atoms with Crippen LogP contribution in [0.1, 0.15) is 30.6 Å². The molecule has 3 aliphatic rings. The number of aliphatic carboxylic acids is 1. The number of esters is 1. The first-order chi connectivity index (χ1) is 16.1. The van der Waals surface area contributed by atoms with Crippen molar-refractivity contribution in [3.8, 4) is 0 Å². The van der Waals surface area contributed by atoms with Crippen LogP contribution in [0.3, 0.4) is 0 Å². The molecule has 9 nitrogen and oxygen atoms in total. The van der Waals surface area contributed by atoms with E-state index < -0.39 is 24.0 Å². The smallest absolute Gasteiger partial charge is 0.353 e. The number of hydrogen-bond donors (Lipinski definition) is 2. The van der Waals surface area contributed by atoms with E-state index in [1.54, 1.807) is 51.4 Å². The number of thioether (sulfide) groups is 1. The largest absolute Gasteiger partial charge is 0.477 e. The van der Waals surface area contributed by atoms with Gasteiger partial charge in [0.25, 0.3) is 0 Å². The maximum atomic E-state index is 13.0. The van der Waals surface area contributed by atoms with Crippen LogP contribution in [0.4, 0.5) is 0 Å². The summed E-state index contributed by atoms with van der Waals surface area (Å²) in [5, 5.41) is 13.1. The third-order valence-corrected chi connectivity index (χ3v) is 8.23. The van der Waals surface area contributed by atoms with E-state index in [0.717, 1.165) is 0 Å². The monoisotopic (exact) mass is 487 g/mol. The maximum absolute atomic E-state index is 13.0. The Kier molecular flexibility index (Phi) is 6.73. The van der Waals surface area contributed by atoms with Crippen LogP contribution in [0, 0.1) is 11.8 Å². The molecule has 2 fully saturated rings. The minimum Gasteiger partial charge on any atom is -0.477 e. The predicted octanol–water partition coefficient (Wildman–Crippen LogP) is 1.56. The molecule has 1 aromatic rings. The van der Waals surface area contributed by atoms with E-state index in [0.29, 0.717) is 23.4 Å². The molecule has 2 amide bonds. The van der Waals surface area contributed by atoms with Gasteiger partial charge in [-0.1, -0.05) is 25.1 Å². The Labute approximate surface area is 202 Å². The first kappa shape index (κ1) is 24.3. The predicted molar refractivity (Wildman–Crippen MR) is 126 cm³/mol. The number of carboxylic acids is 1. The maximum Gasteiger partial charge on any atom is 0.353 e. The van der Waals surface area contributed by atoms with Crippen molar-refractivity contribution < 1.29 is 29.0 Å². The van der Waals surface area contributed by atoms with Gasteiger partial charge in [-0.05, 0) is 25.5 Å². The standard InChI is InChI=1S/C24H29N3O6S/c1-12-18-17(13(2)33-24(32)14-8-6-5-7-9-14)22(29)27(18)19(23(30)31)20(12)34-15-10-16(25-11-15)21(28)26(3)4/h5-9,12-13,15-18,25H,10-11H2,1-4H3,(H,30,31)/t12-,13-,15+,16+,17-,18-/m1/s1. The number of nitrogens with zero attached hydrogens (tertiary/aromatic N) is 2. The van der Waals surface area contributed by atoms with Gasteiger partial charge in [0.15, 0.2) is 0 Å². The number of nitrogens with one attached hydrogen (secondary N) is 1. The fourth-order valence-corrected chi connectivity index (χ4v) is 6.50. The highest BCUT2D eigenvalue weighted by Gasteiger charge is 2.61. The van der Waals surface area contributed by atoms with Crippen LogP contribution >= 0.6 is 11.8 Å². The number of carboxylic acid groups (broad SMARTS) is 1. The molecule has 2 N–H and O–H groups in total. The molecule has 0 unspecified atom stereocenters. The van der Waals surface area contributed by atoms with Crippen LogP contribution < -0.4 is 5.32 Å². The molecule has 0 spiro atoms.